The number of hydrogen-bond acceptors (Lipinski definition) is 3. The largest absolute Gasteiger partial charge is 0.327 e. The molecule has 3 rings (SSSR count). The number of nitrogens with zero attached hydrogens (tertiary/aromatic N) is 1. The van der Waals surface area contributed by atoms with Crippen molar-refractivity contribution in [1.29, 1.82) is 0 Å². The Labute approximate surface area is 116 Å². The second-order valence-corrected chi connectivity index (χ2v) is 5.79. The molecule has 2 nitrogen and oxygen atoms in total. The molecule has 2 N–H and O–H groups in total. The number of nitrogens with two attached hydrogens (primary N) is 1. The summed E-state index contributed by atoms with van der Waals surface area (Å²) in [6.45, 7) is 0. The molecule has 0 aliphatic rings. The first-order valence-corrected chi connectivity index (χ1v) is 7.30. The van der Waals surface area contributed by atoms with E-state index in [1.165, 1.54) is 21.2 Å². The molecule has 2 aromatic carbocycles. The molecule has 96 valence electrons. The molecule has 0 spiro atoms. The highest BCUT2D eigenvalue weighted by molar-refractivity contribution is 7.09. The van der Waals surface area contributed by atoms with E-state index in [4.69, 9.17) is 5.73 Å². The van der Waals surface area contributed by atoms with Gasteiger partial charge in [0.05, 0.1) is 5.51 Å². The number of rotatable bonds is 4. The van der Waals surface area contributed by atoms with Crippen LogP contribution in [0.4, 0.5) is 0 Å². The Morgan fingerprint density at radius 3 is 2.68 bits per heavy atom. The van der Waals surface area contributed by atoms with E-state index < -0.39 is 0 Å². The highest BCUT2D eigenvalue weighted by Crippen LogP contribution is 2.17. The van der Waals surface area contributed by atoms with Gasteiger partial charge < -0.3 is 5.73 Å². The molecule has 0 aliphatic carbocycles. The first-order valence-electron chi connectivity index (χ1n) is 6.42. The van der Waals surface area contributed by atoms with Gasteiger partial charge in [0, 0.05) is 17.1 Å². The lowest BCUT2D eigenvalue weighted by Crippen LogP contribution is -2.25. The van der Waals surface area contributed by atoms with E-state index >= 15 is 0 Å². The Hall–Kier alpha value is -1.71. The summed E-state index contributed by atoms with van der Waals surface area (Å²) in [5.41, 5.74) is 9.38. The highest BCUT2D eigenvalue weighted by atomic mass is 32.1. The van der Waals surface area contributed by atoms with Gasteiger partial charge in [0.2, 0.25) is 0 Å². The topological polar surface area (TPSA) is 38.9 Å². The number of fused-ring (bicyclic) bond motifs is 1. The smallest absolute Gasteiger partial charge is 0.0794 e. The molecule has 0 radical (unpaired) electrons. The van der Waals surface area contributed by atoms with E-state index in [0.29, 0.717) is 0 Å². The maximum Gasteiger partial charge on any atom is 0.0794 e. The van der Waals surface area contributed by atoms with Gasteiger partial charge in [0.1, 0.15) is 0 Å². The summed E-state index contributed by atoms with van der Waals surface area (Å²) in [7, 11) is 0. The van der Waals surface area contributed by atoms with Crippen molar-refractivity contribution < 1.29 is 0 Å². The van der Waals surface area contributed by atoms with Crippen LogP contribution in [0.25, 0.3) is 10.8 Å². The molecule has 1 aromatic heterocycles. The molecule has 3 aromatic rings. The Morgan fingerprint density at radius 2 is 1.89 bits per heavy atom. The van der Waals surface area contributed by atoms with E-state index in [2.05, 4.69) is 47.4 Å². The van der Waals surface area contributed by atoms with Crippen LogP contribution in [0.2, 0.25) is 0 Å². The predicted molar refractivity (Wildman–Crippen MR) is 81.4 cm³/mol. The quantitative estimate of drug-likeness (QED) is 0.787. The molecule has 1 unspecified atom stereocenters. The SMILES string of the molecule is NC(Cc1ccc2ccccc2c1)Cc1cncs1. The third-order valence-electron chi connectivity index (χ3n) is 3.26. The van der Waals surface area contributed by atoms with Crippen LogP contribution < -0.4 is 5.73 Å². The van der Waals surface area contributed by atoms with Gasteiger partial charge in [-0.2, -0.15) is 0 Å². The van der Waals surface area contributed by atoms with Crippen LogP contribution in [0.15, 0.2) is 54.2 Å². The van der Waals surface area contributed by atoms with Crippen molar-refractivity contribution in [3.8, 4) is 0 Å². The van der Waals surface area contributed by atoms with Crippen molar-refractivity contribution in [1.82, 2.24) is 4.98 Å². The lowest BCUT2D eigenvalue weighted by Gasteiger charge is -2.11. The fourth-order valence-corrected chi connectivity index (χ4v) is 3.03. The minimum atomic E-state index is 0.154. The molecule has 0 saturated carbocycles. The zero-order valence-electron chi connectivity index (χ0n) is 10.6. The van der Waals surface area contributed by atoms with Crippen molar-refractivity contribution in [2.45, 2.75) is 18.9 Å². The van der Waals surface area contributed by atoms with Gasteiger partial charge in [0.15, 0.2) is 0 Å². The van der Waals surface area contributed by atoms with Crippen LogP contribution in [0.1, 0.15) is 10.4 Å². The van der Waals surface area contributed by atoms with Crippen molar-refractivity contribution in [3.05, 3.63) is 64.6 Å². The van der Waals surface area contributed by atoms with Gasteiger partial charge in [-0.05, 0) is 29.2 Å². The van der Waals surface area contributed by atoms with Crippen LogP contribution in [0.5, 0.6) is 0 Å². The fourth-order valence-electron chi connectivity index (χ4n) is 2.34. The summed E-state index contributed by atoms with van der Waals surface area (Å²) in [5.74, 6) is 0. The van der Waals surface area contributed by atoms with Crippen LogP contribution in [-0.4, -0.2) is 11.0 Å². The predicted octanol–water partition coefficient (Wildman–Crippen LogP) is 3.41. The highest BCUT2D eigenvalue weighted by Gasteiger charge is 2.07. The Kier molecular flexibility index (Phi) is 3.58. The zero-order chi connectivity index (χ0) is 13.1. The lowest BCUT2D eigenvalue weighted by atomic mass is 10.0. The Bertz CT molecular complexity index is 661. The first kappa shape index (κ1) is 12.3. The van der Waals surface area contributed by atoms with Gasteiger partial charge in [-0.15, -0.1) is 11.3 Å². The Balaban J connectivity index is 1.73. The second-order valence-electron chi connectivity index (χ2n) is 4.82. The summed E-state index contributed by atoms with van der Waals surface area (Å²) >= 11 is 1.67. The molecule has 0 bridgehead atoms. The van der Waals surface area contributed by atoms with Gasteiger partial charge in [0.25, 0.3) is 0 Å². The van der Waals surface area contributed by atoms with E-state index in [1.807, 2.05) is 11.7 Å². The van der Waals surface area contributed by atoms with E-state index in [-0.39, 0.29) is 6.04 Å². The van der Waals surface area contributed by atoms with Gasteiger partial charge >= 0.3 is 0 Å². The van der Waals surface area contributed by atoms with E-state index in [1.54, 1.807) is 11.3 Å². The Morgan fingerprint density at radius 1 is 1.05 bits per heavy atom. The summed E-state index contributed by atoms with van der Waals surface area (Å²) in [6, 6.07) is 15.2. The molecule has 0 fully saturated rings. The molecule has 1 heterocycles. The maximum atomic E-state index is 6.22. The number of hydrogen-bond donors (Lipinski definition) is 1. The molecular formula is C16H16N2S. The van der Waals surface area contributed by atoms with E-state index in [0.717, 1.165) is 12.8 Å². The van der Waals surface area contributed by atoms with Crippen molar-refractivity contribution in [3.63, 3.8) is 0 Å². The van der Waals surface area contributed by atoms with Gasteiger partial charge in [-0.25, -0.2) is 0 Å². The van der Waals surface area contributed by atoms with Crippen molar-refractivity contribution >= 4 is 22.1 Å². The molecule has 0 amide bonds. The standard InChI is InChI=1S/C16H16N2S/c17-15(9-16-10-18-11-19-16)8-12-5-6-13-3-1-2-4-14(13)7-12/h1-7,10-11,15H,8-9,17H2. The second kappa shape index (κ2) is 5.51. The molecular weight excluding hydrogens is 252 g/mol. The average Bonchev–Trinajstić information content (AvgIpc) is 2.91. The third kappa shape index (κ3) is 3.00. The minimum Gasteiger partial charge on any atom is -0.327 e. The van der Waals surface area contributed by atoms with Crippen molar-refractivity contribution in [2.75, 3.05) is 0 Å². The summed E-state index contributed by atoms with van der Waals surface area (Å²) in [5, 5.41) is 2.56. The summed E-state index contributed by atoms with van der Waals surface area (Å²) in [4.78, 5) is 5.34. The van der Waals surface area contributed by atoms with Crippen LogP contribution in [-0.2, 0) is 12.8 Å². The monoisotopic (exact) mass is 268 g/mol. The summed E-state index contributed by atoms with van der Waals surface area (Å²) < 4.78 is 0. The minimum absolute atomic E-state index is 0.154. The van der Waals surface area contributed by atoms with E-state index in [9.17, 15) is 0 Å². The number of aromatic nitrogens is 1. The number of thiazole rings is 1. The first-order chi connectivity index (χ1) is 9.31. The fraction of sp³-hybridized carbons (Fsp3) is 0.188. The summed E-state index contributed by atoms with van der Waals surface area (Å²) in [6.07, 6.45) is 3.71. The van der Waals surface area contributed by atoms with Gasteiger partial charge in [-0.3, -0.25) is 4.98 Å². The molecule has 0 aliphatic heterocycles. The maximum absolute atomic E-state index is 6.22. The average molecular weight is 268 g/mol. The number of benzene rings is 2. The molecule has 3 heteroatoms. The van der Waals surface area contributed by atoms with Gasteiger partial charge in [-0.1, -0.05) is 42.5 Å². The van der Waals surface area contributed by atoms with Crippen molar-refractivity contribution in [2.24, 2.45) is 5.73 Å². The third-order valence-corrected chi connectivity index (χ3v) is 4.06. The molecule has 1 atom stereocenters. The normalized spacial score (nSPS) is 12.7. The van der Waals surface area contributed by atoms with Crippen LogP contribution >= 0.6 is 11.3 Å². The molecule has 19 heavy (non-hydrogen) atoms. The lowest BCUT2D eigenvalue weighted by molar-refractivity contribution is 0.670. The van der Waals surface area contributed by atoms with Crippen LogP contribution in [0.3, 0.4) is 0 Å². The van der Waals surface area contributed by atoms with Crippen LogP contribution in [0, 0.1) is 0 Å². The zero-order valence-corrected chi connectivity index (χ0v) is 11.4. The molecule has 0 saturated heterocycles.